The third-order valence-corrected chi connectivity index (χ3v) is 5.80. The minimum absolute atomic E-state index is 0.675. The Morgan fingerprint density at radius 3 is 2.58 bits per heavy atom. The van der Waals surface area contributed by atoms with Crippen molar-refractivity contribution in [1.29, 1.82) is 0 Å². The molecular formula is C19H22BrN3S. The largest absolute Gasteiger partial charge is 0.369 e. The Kier molecular flexibility index (Phi) is 5.51. The minimum atomic E-state index is 0.675. The molecule has 3 rings (SSSR count). The van der Waals surface area contributed by atoms with Crippen LogP contribution in [0.15, 0.2) is 35.1 Å². The van der Waals surface area contributed by atoms with Gasteiger partial charge in [0.05, 0.1) is 5.39 Å². The number of hydrogen-bond donors (Lipinski definition) is 1. The molecule has 126 valence electrons. The number of rotatable bonds is 6. The van der Waals surface area contributed by atoms with Crippen LogP contribution in [0.5, 0.6) is 0 Å². The quantitative estimate of drug-likeness (QED) is 0.536. The van der Waals surface area contributed by atoms with Gasteiger partial charge in [0, 0.05) is 21.5 Å². The van der Waals surface area contributed by atoms with Gasteiger partial charge in [-0.05, 0) is 36.5 Å². The molecule has 0 bridgehead atoms. The maximum Gasteiger partial charge on any atom is 0.138 e. The highest BCUT2D eigenvalue weighted by molar-refractivity contribution is 9.10. The summed E-state index contributed by atoms with van der Waals surface area (Å²) in [4.78, 5) is 11.5. The molecule has 0 aliphatic rings. The molecule has 0 unspecified atom stereocenters. The van der Waals surface area contributed by atoms with Crippen molar-refractivity contribution in [2.45, 2.75) is 33.6 Å². The summed E-state index contributed by atoms with van der Waals surface area (Å²) in [6.45, 7) is 7.61. The number of aromatic nitrogens is 2. The number of halogens is 1. The molecule has 3 nitrogen and oxygen atoms in total. The van der Waals surface area contributed by atoms with E-state index in [1.807, 2.05) is 0 Å². The van der Waals surface area contributed by atoms with E-state index < -0.39 is 0 Å². The van der Waals surface area contributed by atoms with Gasteiger partial charge in [-0.2, -0.15) is 0 Å². The zero-order valence-electron chi connectivity index (χ0n) is 14.3. The van der Waals surface area contributed by atoms with Crippen molar-refractivity contribution in [3.05, 3.63) is 39.9 Å². The second kappa shape index (κ2) is 7.62. The highest BCUT2D eigenvalue weighted by Crippen LogP contribution is 2.41. The number of benzene rings is 1. The van der Waals surface area contributed by atoms with Crippen LogP contribution in [0, 0.1) is 5.92 Å². The average molecular weight is 404 g/mol. The molecule has 1 N–H and O–H groups in total. The first kappa shape index (κ1) is 17.4. The summed E-state index contributed by atoms with van der Waals surface area (Å²) in [7, 11) is 0. The molecule has 3 aromatic rings. The Morgan fingerprint density at radius 2 is 1.92 bits per heavy atom. The molecule has 0 saturated carbocycles. The first-order valence-corrected chi connectivity index (χ1v) is 9.97. The molecule has 24 heavy (non-hydrogen) atoms. The van der Waals surface area contributed by atoms with Crippen LogP contribution in [0.4, 0.5) is 5.82 Å². The Labute approximate surface area is 155 Å². The minimum Gasteiger partial charge on any atom is -0.369 e. The maximum absolute atomic E-state index is 4.53. The normalized spacial score (nSPS) is 11.4. The first-order chi connectivity index (χ1) is 11.6. The van der Waals surface area contributed by atoms with Crippen molar-refractivity contribution >= 4 is 43.3 Å². The monoisotopic (exact) mass is 403 g/mol. The van der Waals surface area contributed by atoms with Crippen molar-refractivity contribution in [2.24, 2.45) is 5.92 Å². The lowest BCUT2D eigenvalue weighted by Gasteiger charge is -2.10. The zero-order chi connectivity index (χ0) is 17.1. The highest BCUT2D eigenvalue weighted by atomic mass is 79.9. The fourth-order valence-electron chi connectivity index (χ4n) is 2.76. The number of nitrogens with zero attached hydrogens (tertiary/aromatic N) is 2. The van der Waals surface area contributed by atoms with Crippen LogP contribution < -0.4 is 5.32 Å². The summed E-state index contributed by atoms with van der Waals surface area (Å²) in [6, 6.07) is 8.51. The van der Waals surface area contributed by atoms with Crippen molar-refractivity contribution in [3.63, 3.8) is 0 Å². The standard InChI is InChI=1S/C19H22BrN3S/c1-4-15-16(13-5-7-14(20)8-6-13)17-18(21-10-9-12(2)3)22-11-23-19(17)24-15/h5-8,11-12H,4,9-10H2,1-3H3,(H,21,22,23). The number of hydrogen-bond acceptors (Lipinski definition) is 4. The molecule has 0 saturated heterocycles. The summed E-state index contributed by atoms with van der Waals surface area (Å²) in [6.07, 6.45) is 3.79. The van der Waals surface area contributed by atoms with Crippen molar-refractivity contribution in [3.8, 4) is 11.1 Å². The third-order valence-electron chi connectivity index (χ3n) is 4.03. The van der Waals surface area contributed by atoms with Gasteiger partial charge in [0.25, 0.3) is 0 Å². The van der Waals surface area contributed by atoms with E-state index in [0.717, 1.165) is 39.9 Å². The number of thiophene rings is 1. The van der Waals surface area contributed by atoms with Crippen LogP contribution in [0.2, 0.25) is 0 Å². The molecule has 0 atom stereocenters. The van der Waals surface area contributed by atoms with Gasteiger partial charge in [0.15, 0.2) is 0 Å². The summed E-state index contributed by atoms with van der Waals surface area (Å²) in [5, 5.41) is 4.68. The van der Waals surface area contributed by atoms with Crippen LogP contribution >= 0.6 is 27.3 Å². The van der Waals surface area contributed by atoms with Gasteiger partial charge in [-0.1, -0.05) is 48.8 Å². The van der Waals surface area contributed by atoms with E-state index in [0.29, 0.717) is 5.92 Å². The lowest BCUT2D eigenvalue weighted by atomic mass is 10.0. The van der Waals surface area contributed by atoms with Crippen molar-refractivity contribution < 1.29 is 0 Å². The Bertz CT molecular complexity index is 824. The number of fused-ring (bicyclic) bond motifs is 1. The molecule has 0 aliphatic carbocycles. The summed E-state index contributed by atoms with van der Waals surface area (Å²) in [5.74, 6) is 1.63. The van der Waals surface area contributed by atoms with Crippen LogP contribution in [0.25, 0.3) is 21.3 Å². The molecule has 0 spiro atoms. The Hall–Kier alpha value is -1.46. The molecule has 0 aliphatic heterocycles. The molecular weight excluding hydrogens is 382 g/mol. The molecule has 0 amide bonds. The van der Waals surface area contributed by atoms with E-state index in [2.05, 4.69) is 76.3 Å². The van der Waals surface area contributed by atoms with E-state index in [1.54, 1.807) is 17.7 Å². The average Bonchev–Trinajstić information content (AvgIpc) is 2.95. The van der Waals surface area contributed by atoms with Crippen LogP contribution in [-0.4, -0.2) is 16.5 Å². The second-order valence-corrected chi connectivity index (χ2v) is 8.27. The first-order valence-electron chi connectivity index (χ1n) is 8.36. The van der Waals surface area contributed by atoms with Crippen LogP contribution in [-0.2, 0) is 6.42 Å². The number of anilines is 1. The zero-order valence-corrected chi connectivity index (χ0v) is 16.7. The van der Waals surface area contributed by atoms with E-state index in [-0.39, 0.29) is 0 Å². The van der Waals surface area contributed by atoms with Gasteiger partial charge in [0.2, 0.25) is 0 Å². The highest BCUT2D eigenvalue weighted by Gasteiger charge is 2.17. The molecule has 2 heterocycles. The van der Waals surface area contributed by atoms with Crippen molar-refractivity contribution in [1.82, 2.24) is 9.97 Å². The predicted octanol–water partition coefficient (Wildman–Crippen LogP) is 6.14. The fraction of sp³-hybridized carbons (Fsp3) is 0.368. The van der Waals surface area contributed by atoms with Crippen molar-refractivity contribution in [2.75, 3.05) is 11.9 Å². The summed E-state index contributed by atoms with van der Waals surface area (Å²) >= 11 is 5.30. The lowest BCUT2D eigenvalue weighted by molar-refractivity contribution is 0.607. The summed E-state index contributed by atoms with van der Waals surface area (Å²) in [5.41, 5.74) is 2.50. The Morgan fingerprint density at radius 1 is 1.17 bits per heavy atom. The van der Waals surface area contributed by atoms with Crippen LogP contribution in [0.1, 0.15) is 32.1 Å². The van der Waals surface area contributed by atoms with Gasteiger partial charge in [-0.15, -0.1) is 11.3 Å². The molecule has 2 aromatic heterocycles. The van der Waals surface area contributed by atoms with E-state index in [9.17, 15) is 0 Å². The SMILES string of the molecule is CCc1sc2ncnc(NCCC(C)C)c2c1-c1ccc(Br)cc1. The molecule has 5 heteroatoms. The number of aryl methyl sites for hydroxylation is 1. The molecule has 1 aromatic carbocycles. The number of nitrogens with one attached hydrogen (secondary N) is 1. The smallest absolute Gasteiger partial charge is 0.138 e. The van der Waals surface area contributed by atoms with Gasteiger partial charge < -0.3 is 5.32 Å². The molecule has 0 radical (unpaired) electrons. The fourth-order valence-corrected chi connectivity index (χ4v) is 4.13. The third kappa shape index (κ3) is 3.62. The van der Waals surface area contributed by atoms with Gasteiger partial charge in [-0.3, -0.25) is 0 Å². The topological polar surface area (TPSA) is 37.8 Å². The lowest BCUT2D eigenvalue weighted by Crippen LogP contribution is -2.06. The summed E-state index contributed by atoms with van der Waals surface area (Å²) < 4.78 is 1.09. The van der Waals surface area contributed by atoms with Gasteiger partial charge in [-0.25, -0.2) is 9.97 Å². The van der Waals surface area contributed by atoms with E-state index in [4.69, 9.17) is 0 Å². The van der Waals surface area contributed by atoms with Gasteiger partial charge >= 0.3 is 0 Å². The predicted molar refractivity (Wildman–Crippen MR) is 108 cm³/mol. The van der Waals surface area contributed by atoms with Gasteiger partial charge in [0.1, 0.15) is 17.0 Å². The Balaban J connectivity index is 2.10. The second-order valence-electron chi connectivity index (χ2n) is 6.27. The molecule has 0 fully saturated rings. The van der Waals surface area contributed by atoms with E-state index >= 15 is 0 Å². The maximum atomic E-state index is 4.53. The van der Waals surface area contributed by atoms with Crippen LogP contribution in [0.3, 0.4) is 0 Å². The van der Waals surface area contributed by atoms with E-state index in [1.165, 1.54) is 16.0 Å².